The van der Waals surface area contributed by atoms with Crippen molar-refractivity contribution in [1.29, 1.82) is 0 Å². The van der Waals surface area contributed by atoms with E-state index in [0.29, 0.717) is 0 Å². The van der Waals surface area contributed by atoms with Gasteiger partial charge >= 0.3 is 0 Å². The van der Waals surface area contributed by atoms with Crippen molar-refractivity contribution >= 4 is 27.8 Å². The van der Waals surface area contributed by atoms with Crippen LogP contribution in [0.3, 0.4) is 0 Å². The summed E-state index contributed by atoms with van der Waals surface area (Å²) in [6.07, 6.45) is 0. The highest BCUT2D eigenvalue weighted by Gasteiger charge is 2.18. The normalized spacial score (nSPS) is 11.0. The van der Waals surface area contributed by atoms with Crippen LogP contribution in [-0.2, 0) is 0 Å². The molecule has 222 valence electrons. The molecule has 0 fully saturated rings. The van der Waals surface area contributed by atoms with Gasteiger partial charge in [-0.3, -0.25) is 0 Å². The standard InChI is InChI=1S/C46H33N/c1-4-12-34(13-5-1)37-22-24-40(25-23-37)44-20-10-18-41-19-11-21-45(46(41)44)47(42-30-26-38(27-31-42)35-14-6-2-7-15-35)43-32-28-39(29-33-43)36-16-8-3-9-17-36/h1-33H. The molecule has 0 aliphatic carbocycles. The summed E-state index contributed by atoms with van der Waals surface area (Å²) in [5, 5.41) is 2.43. The molecule has 0 aromatic heterocycles. The van der Waals surface area contributed by atoms with Gasteiger partial charge in [-0.2, -0.15) is 0 Å². The van der Waals surface area contributed by atoms with Crippen LogP contribution in [-0.4, -0.2) is 0 Å². The lowest BCUT2D eigenvalue weighted by Gasteiger charge is -2.28. The summed E-state index contributed by atoms with van der Waals surface area (Å²) in [4.78, 5) is 2.40. The number of rotatable bonds is 7. The Balaban J connectivity index is 1.28. The molecule has 0 amide bonds. The zero-order chi connectivity index (χ0) is 31.4. The average Bonchev–Trinajstić information content (AvgIpc) is 3.16. The Labute approximate surface area is 276 Å². The molecule has 1 heteroatoms. The fraction of sp³-hybridized carbons (Fsp3) is 0. The Morgan fingerprint density at radius 1 is 0.255 bits per heavy atom. The molecular formula is C46H33N. The van der Waals surface area contributed by atoms with Crippen molar-refractivity contribution in [1.82, 2.24) is 0 Å². The van der Waals surface area contributed by atoms with Crippen LogP contribution >= 0.6 is 0 Å². The highest BCUT2D eigenvalue weighted by atomic mass is 15.1. The highest BCUT2D eigenvalue weighted by Crippen LogP contribution is 2.43. The Bertz CT molecular complexity index is 2150. The van der Waals surface area contributed by atoms with Crippen molar-refractivity contribution in [2.45, 2.75) is 0 Å². The summed E-state index contributed by atoms with van der Waals surface area (Å²) >= 11 is 0. The van der Waals surface area contributed by atoms with Crippen LogP contribution in [0.2, 0.25) is 0 Å². The molecule has 0 atom stereocenters. The number of benzene rings is 8. The van der Waals surface area contributed by atoms with E-state index < -0.39 is 0 Å². The Morgan fingerprint density at radius 2 is 0.617 bits per heavy atom. The first kappa shape index (κ1) is 28.3. The van der Waals surface area contributed by atoms with Gasteiger partial charge in [0, 0.05) is 16.8 Å². The molecule has 0 spiro atoms. The molecule has 8 rings (SSSR count). The lowest BCUT2D eigenvalue weighted by molar-refractivity contribution is 1.30. The first-order chi connectivity index (χ1) is 23.3. The van der Waals surface area contributed by atoms with Crippen LogP contribution in [0.15, 0.2) is 200 Å². The summed E-state index contributed by atoms with van der Waals surface area (Å²) in [6.45, 7) is 0. The molecule has 0 aliphatic rings. The third-order valence-corrected chi connectivity index (χ3v) is 8.89. The van der Waals surface area contributed by atoms with E-state index in [2.05, 4.69) is 205 Å². The molecule has 0 saturated heterocycles. The van der Waals surface area contributed by atoms with Crippen LogP contribution in [0.5, 0.6) is 0 Å². The number of nitrogens with zero attached hydrogens (tertiary/aromatic N) is 1. The molecule has 0 heterocycles. The molecule has 47 heavy (non-hydrogen) atoms. The van der Waals surface area contributed by atoms with E-state index in [1.807, 2.05) is 0 Å². The van der Waals surface area contributed by atoms with Gasteiger partial charge in [0.05, 0.1) is 5.69 Å². The van der Waals surface area contributed by atoms with Gasteiger partial charge in [-0.25, -0.2) is 0 Å². The van der Waals surface area contributed by atoms with E-state index in [-0.39, 0.29) is 0 Å². The summed E-state index contributed by atoms with van der Waals surface area (Å²) in [6, 6.07) is 71.8. The SMILES string of the molecule is c1ccc(-c2ccc(-c3cccc4cccc(N(c5ccc(-c6ccccc6)cc5)c5ccc(-c6ccccc6)cc5)c34)cc2)cc1. The molecule has 0 aliphatic heterocycles. The Hall–Kier alpha value is -6.18. The van der Waals surface area contributed by atoms with Gasteiger partial charge in [-0.1, -0.05) is 170 Å². The minimum atomic E-state index is 1.11. The molecule has 0 radical (unpaired) electrons. The Morgan fingerprint density at radius 3 is 1.06 bits per heavy atom. The van der Waals surface area contributed by atoms with Crippen molar-refractivity contribution in [3.05, 3.63) is 200 Å². The molecule has 0 bridgehead atoms. The van der Waals surface area contributed by atoms with Crippen LogP contribution in [0, 0.1) is 0 Å². The van der Waals surface area contributed by atoms with Gasteiger partial charge in [0.2, 0.25) is 0 Å². The molecule has 8 aromatic carbocycles. The molecule has 1 nitrogen and oxygen atoms in total. The zero-order valence-corrected chi connectivity index (χ0v) is 26.0. The fourth-order valence-corrected chi connectivity index (χ4v) is 6.52. The monoisotopic (exact) mass is 599 g/mol. The lowest BCUT2D eigenvalue weighted by Crippen LogP contribution is -2.10. The maximum Gasteiger partial charge on any atom is 0.0546 e. The van der Waals surface area contributed by atoms with Crippen LogP contribution in [0.4, 0.5) is 17.1 Å². The van der Waals surface area contributed by atoms with E-state index in [1.165, 1.54) is 55.3 Å². The Kier molecular flexibility index (Phi) is 7.63. The van der Waals surface area contributed by atoms with Gasteiger partial charge in [-0.05, 0) is 80.2 Å². The predicted molar refractivity (Wildman–Crippen MR) is 200 cm³/mol. The topological polar surface area (TPSA) is 3.24 Å². The molecule has 8 aromatic rings. The highest BCUT2D eigenvalue weighted by molar-refractivity contribution is 6.08. The maximum absolute atomic E-state index is 2.40. The van der Waals surface area contributed by atoms with Crippen molar-refractivity contribution in [3.63, 3.8) is 0 Å². The summed E-state index contributed by atoms with van der Waals surface area (Å²) in [5.41, 5.74) is 13.0. The molecule has 0 unspecified atom stereocenters. The van der Waals surface area contributed by atoms with Crippen molar-refractivity contribution < 1.29 is 0 Å². The number of hydrogen-bond donors (Lipinski definition) is 0. The minimum Gasteiger partial charge on any atom is -0.310 e. The van der Waals surface area contributed by atoms with Crippen molar-refractivity contribution in [3.8, 4) is 44.5 Å². The van der Waals surface area contributed by atoms with Gasteiger partial charge in [-0.15, -0.1) is 0 Å². The molecule has 0 N–H and O–H groups in total. The van der Waals surface area contributed by atoms with Gasteiger partial charge in [0.1, 0.15) is 0 Å². The summed E-state index contributed by atoms with van der Waals surface area (Å²) in [5.74, 6) is 0. The van der Waals surface area contributed by atoms with Crippen LogP contribution < -0.4 is 4.90 Å². The number of fused-ring (bicyclic) bond motifs is 1. The van der Waals surface area contributed by atoms with Gasteiger partial charge in [0.25, 0.3) is 0 Å². The van der Waals surface area contributed by atoms with E-state index in [1.54, 1.807) is 0 Å². The fourth-order valence-electron chi connectivity index (χ4n) is 6.52. The second kappa shape index (κ2) is 12.7. The van der Waals surface area contributed by atoms with Crippen molar-refractivity contribution in [2.75, 3.05) is 4.90 Å². The number of hydrogen-bond acceptors (Lipinski definition) is 1. The van der Waals surface area contributed by atoms with Gasteiger partial charge in [0.15, 0.2) is 0 Å². The van der Waals surface area contributed by atoms with Crippen molar-refractivity contribution in [2.24, 2.45) is 0 Å². The quantitative estimate of drug-likeness (QED) is 0.176. The second-order valence-corrected chi connectivity index (χ2v) is 11.8. The summed E-state index contributed by atoms with van der Waals surface area (Å²) in [7, 11) is 0. The largest absolute Gasteiger partial charge is 0.310 e. The smallest absolute Gasteiger partial charge is 0.0546 e. The first-order valence-corrected chi connectivity index (χ1v) is 16.1. The molecular weight excluding hydrogens is 567 g/mol. The zero-order valence-electron chi connectivity index (χ0n) is 26.0. The number of anilines is 3. The third kappa shape index (κ3) is 5.72. The first-order valence-electron chi connectivity index (χ1n) is 16.1. The van der Waals surface area contributed by atoms with Crippen LogP contribution in [0.1, 0.15) is 0 Å². The maximum atomic E-state index is 2.40. The molecule has 0 saturated carbocycles. The van der Waals surface area contributed by atoms with E-state index >= 15 is 0 Å². The van der Waals surface area contributed by atoms with E-state index in [4.69, 9.17) is 0 Å². The van der Waals surface area contributed by atoms with Gasteiger partial charge < -0.3 is 4.90 Å². The minimum absolute atomic E-state index is 1.11. The lowest BCUT2D eigenvalue weighted by atomic mass is 9.94. The predicted octanol–water partition coefficient (Wildman–Crippen LogP) is 13.0. The summed E-state index contributed by atoms with van der Waals surface area (Å²) < 4.78 is 0. The third-order valence-electron chi connectivity index (χ3n) is 8.89. The van der Waals surface area contributed by atoms with E-state index in [0.717, 1.165) is 17.1 Å². The average molecular weight is 600 g/mol. The second-order valence-electron chi connectivity index (χ2n) is 11.8. The van der Waals surface area contributed by atoms with E-state index in [9.17, 15) is 0 Å². The van der Waals surface area contributed by atoms with Crippen LogP contribution in [0.25, 0.3) is 55.3 Å².